The fourth-order valence-corrected chi connectivity index (χ4v) is 2.10. The Morgan fingerprint density at radius 3 is 2.53 bits per heavy atom. The molecule has 1 aliphatic rings. The largest absolute Gasteiger partial charge is 0.383 e. The third-order valence-corrected chi connectivity index (χ3v) is 3.03. The molecule has 0 unspecified atom stereocenters. The Labute approximate surface area is 113 Å². The van der Waals surface area contributed by atoms with Crippen molar-refractivity contribution < 1.29 is 9.59 Å². The molecule has 1 aromatic rings. The van der Waals surface area contributed by atoms with E-state index in [1.54, 1.807) is 16.0 Å². The van der Waals surface area contributed by atoms with E-state index in [0.717, 1.165) is 5.56 Å². The Morgan fingerprint density at radius 2 is 1.89 bits per heavy atom. The first-order valence-electron chi connectivity index (χ1n) is 6.32. The molecule has 100 valence electrons. The van der Waals surface area contributed by atoms with Crippen LogP contribution in [0.4, 0.5) is 0 Å². The van der Waals surface area contributed by atoms with E-state index in [4.69, 9.17) is 0 Å². The molecule has 0 spiro atoms. The van der Waals surface area contributed by atoms with Crippen LogP contribution >= 0.6 is 0 Å². The summed E-state index contributed by atoms with van der Waals surface area (Å²) in [4.78, 5) is 27.5. The highest BCUT2D eigenvalue weighted by Crippen LogP contribution is 2.17. The van der Waals surface area contributed by atoms with Crippen LogP contribution in [0.1, 0.15) is 12.0 Å². The Balaban J connectivity index is 2.15. The molecular weight excluding hydrogens is 240 g/mol. The number of Topliss-reactive ketones (excluding diaryl/α,β-unsaturated/α-hetero) is 1. The van der Waals surface area contributed by atoms with Gasteiger partial charge in [-0.05, 0) is 5.56 Å². The van der Waals surface area contributed by atoms with Crippen molar-refractivity contribution in [3.05, 3.63) is 47.7 Å². The van der Waals surface area contributed by atoms with Crippen LogP contribution in [-0.4, -0.2) is 42.1 Å². The fraction of sp³-hybridized carbons (Fsp3) is 0.333. The van der Waals surface area contributed by atoms with Crippen molar-refractivity contribution >= 4 is 11.7 Å². The highest BCUT2D eigenvalue weighted by Gasteiger charge is 2.29. The Hall–Kier alpha value is -2.10. The van der Waals surface area contributed by atoms with Gasteiger partial charge in [-0.2, -0.15) is 0 Å². The molecule has 4 heteroatoms. The zero-order valence-corrected chi connectivity index (χ0v) is 11.3. The SMILES string of the molecule is CN(C)C=C1C(=O)CCN(Cc2ccccc2)C1=O. The van der Waals surface area contributed by atoms with Crippen molar-refractivity contribution in [2.45, 2.75) is 13.0 Å². The van der Waals surface area contributed by atoms with Gasteiger partial charge in [0, 0.05) is 39.8 Å². The highest BCUT2D eigenvalue weighted by molar-refractivity contribution is 6.20. The number of hydrogen-bond acceptors (Lipinski definition) is 3. The number of ketones is 1. The molecule has 1 amide bonds. The minimum absolute atomic E-state index is 0.0667. The molecular formula is C15H18N2O2. The van der Waals surface area contributed by atoms with E-state index in [1.165, 1.54) is 0 Å². The first-order chi connectivity index (χ1) is 9.08. The van der Waals surface area contributed by atoms with E-state index in [1.807, 2.05) is 44.4 Å². The van der Waals surface area contributed by atoms with Crippen LogP contribution in [-0.2, 0) is 16.1 Å². The zero-order chi connectivity index (χ0) is 13.8. The molecule has 0 bridgehead atoms. The van der Waals surface area contributed by atoms with Crippen molar-refractivity contribution in [3.63, 3.8) is 0 Å². The summed E-state index contributed by atoms with van der Waals surface area (Å²) in [5, 5.41) is 0. The Bertz CT molecular complexity index is 506. The number of nitrogens with zero attached hydrogens (tertiary/aromatic N) is 2. The minimum Gasteiger partial charge on any atom is -0.383 e. The lowest BCUT2D eigenvalue weighted by atomic mass is 10.0. The lowest BCUT2D eigenvalue weighted by molar-refractivity contribution is -0.133. The van der Waals surface area contributed by atoms with Crippen LogP contribution in [0, 0.1) is 0 Å². The van der Waals surface area contributed by atoms with E-state index in [0.29, 0.717) is 19.5 Å². The lowest BCUT2D eigenvalue weighted by Gasteiger charge is -2.28. The highest BCUT2D eigenvalue weighted by atomic mass is 16.2. The van der Waals surface area contributed by atoms with Crippen LogP contribution in [0.5, 0.6) is 0 Å². The van der Waals surface area contributed by atoms with Gasteiger partial charge < -0.3 is 9.80 Å². The van der Waals surface area contributed by atoms with E-state index in [-0.39, 0.29) is 17.3 Å². The molecule has 1 aromatic carbocycles. The summed E-state index contributed by atoms with van der Waals surface area (Å²) in [6.45, 7) is 1.05. The summed E-state index contributed by atoms with van der Waals surface area (Å²) in [6, 6.07) is 9.82. The second-order valence-corrected chi connectivity index (χ2v) is 4.89. The maximum atomic E-state index is 12.3. The van der Waals surface area contributed by atoms with E-state index in [2.05, 4.69) is 0 Å². The standard InChI is InChI=1S/C15H18N2O2/c1-16(2)11-13-14(18)8-9-17(15(13)19)10-12-6-4-3-5-7-12/h3-7,11H,8-10H2,1-2H3. The lowest BCUT2D eigenvalue weighted by Crippen LogP contribution is -2.41. The molecule has 1 saturated heterocycles. The molecule has 2 rings (SSSR count). The number of carbonyl (C=O) groups is 2. The molecule has 0 aliphatic carbocycles. The van der Waals surface area contributed by atoms with E-state index >= 15 is 0 Å². The first-order valence-corrected chi connectivity index (χ1v) is 6.32. The van der Waals surface area contributed by atoms with Crippen LogP contribution in [0.3, 0.4) is 0 Å². The molecule has 0 radical (unpaired) electrons. The topological polar surface area (TPSA) is 40.6 Å². The van der Waals surface area contributed by atoms with Crippen LogP contribution in [0.2, 0.25) is 0 Å². The van der Waals surface area contributed by atoms with Crippen LogP contribution in [0.15, 0.2) is 42.1 Å². The number of hydrogen-bond donors (Lipinski definition) is 0. The van der Waals surface area contributed by atoms with Crippen molar-refractivity contribution in [3.8, 4) is 0 Å². The number of piperidine rings is 1. The smallest absolute Gasteiger partial charge is 0.259 e. The Morgan fingerprint density at radius 1 is 1.21 bits per heavy atom. The van der Waals surface area contributed by atoms with Crippen LogP contribution < -0.4 is 0 Å². The predicted molar refractivity (Wildman–Crippen MR) is 73.3 cm³/mol. The van der Waals surface area contributed by atoms with Gasteiger partial charge in [0.1, 0.15) is 0 Å². The van der Waals surface area contributed by atoms with Crippen molar-refractivity contribution in [1.29, 1.82) is 0 Å². The second-order valence-electron chi connectivity index (χ2n) is 4.89. The van der Waals surface area contributed by atoms with Gasteiger partial charge >= 0.3 is 0 Å². The molecule has 1 fully saturated rings. The molecule has 0 aromatic heterocycles. The predicted octanol–water partition coefficient (Wildman–Crippen LogP) is 1.43. The summed E-state index contributed by atoms with van der Waals surface area (Å²) in [6.07, 6.45) is 2.01. The number of rotatable bonds is 3. The van der Waals surface area contributed by atoms with Gasteiger partial charge in [-0.3, -0.25) is 9.59 Å². The summed E-state index contributed by atoms with van der Waals surface area (Å²) in [5.41, 5.74) is 1.36. The van der Waals surface area contributed by atoms with Crippen molar-refractivity contribution in [2.75, 3.05) is 20.6 Å². The van der Waals surface area contributed by atoms with Crippen molar-refractivity contribution in [1.82, 2.24) is 9.80 Å². The average Bonchev–Trinajstić information content (AvgIpc) is 2.39. The first kappa shape index (κ1) is 13.3. The third kappa shape index (κ3) is 3.22. The van der Waals surface area contributed by atoms with Gasteiger partial charge in [-0.25, -0.2) is 0 Å². The van der Waals surface area contributed by atoms with Gasteiger partial charge in [0.05, 0.1) is 5.57 Å². The fourth-order valence-electron chi connectivity index (χ4n) is 2.10. The number of benzene rings is 1. The summed E-state index contributed by atoms with van der Waals surface area (Å²) >= 11 is 0. The zero-order valence-electron chi connectivity index (χ0n) is 11.3. The van der Waals surface area contributed by atoms with Crippen LogP contribution in [0.25, 0.3) is 0 Å². The maximum absolute atomic E-state index is 12.3. The van der Waals surface area contributed by atoms with Gasteiger partial charge in [0.15, 0.2) is 5.78 Å². The monoisotopic (exact) mass is 258 g/mol. The van der Waals surface area contributed by atoms with Gasteiger partial charge in [0.2, 0.25) is 0 Å². The Kier molecular flexibility index (Phi) is 4.00. The minimum atomic E-state index is -0.172. The maximum Gasteiger partial charge on any atom is 0.259 e. The second kappa shape index (κ2) is 5.69. The molecule has 0 saturated carbocycles. The van der Waals surface area contributed by atoms with Gasteiger partial charge in [0.25, 0.3) is 5.91 Å². The van der Waals surface area contributed by atoms with E-state index < -0.39 is 0 Å². The summed E-state index contributed by atoms with van der Waals surface area (Å²) in [7, 11) is 3.62. The molecule has 0 N–H and O–H groups in total. The van der Waals surface area contributed by atoms with Gasteiger partial charge in [-0.15, -0.1) is 0 Å². The molecule has 1 heterocycles. The van der Waals surface area contributed by atoms with Gasteiger partial charge in [-0.1, -0.05) is 30.3 Å². The third-order valence-electron chi connectivity index (χ3n) is 3.03. The molecule has 19 heavy (non-hydrogen) atoms. The molecule has 4 nitrogen and oxygen atoms in total. The summed E-state index contributed by atoms with van der Waals surface area (Å²) < 4.78 is 0. The number of carbonyl (C=O) groups excluding carboxylic acids is 2. The summed E-state index contributed by atoms with van der Waals surface area (Å²) in [5.74, 6) is -0.239. The quantitative estimate of drug-likeness (QED) is 0.608. The van der Waals surface area contributed by atoms with Crippen molar-refractivity contribution in [2.24, 2.45) is 0 Å². The molecule has 0 atom stereocenters. The molecule has 1 aliphatic heterocycles. The normalized spacial score (nSPS) is 18.0. The van der Waals surface area contributed by atoms with E-state index in [9.17, 15) is 9.59 Å². The number of amides is 1. The average molecular weight is 258 g/mol. The number of likely N-dealkylation sites (tertiary alicyclic amines) is 1.